The van der Waals surface area contributed by atoms with Crippen molar-refractivity contribution in [2.45, 2.75) is 135 Å². The van der Waals surface area contributed by atoms with Gasteiger partial charge in [-0.05, 0) is 70.1 Å². The van der Waals surface area contributed by atoms with E-state index < -0.39 is 53.5 Å². The Morgan fingerprint density at radius 1 is 0.976 bits per heavy atom. The molecule has 2 aliphatic heterocycles. The van der Waals surface area contributed by atoms with E-state index in [0.717, 1.165) is 12.8 Å². The average Bonchev–Trinajstić information content (AvgIpc) is 3.72. The first-order valence-corrected chi connectivity index (χ1v) is 15.8. The van der Waals surface area contributed by atoms with Crippen LogP contribution in [0.15, 0.2) is 0 Å². The van der Waals surface area contributed by atoms with E-state index in [9.17, 15) is 32.8 Å². The number of fused-ring (bicyclic) bond motifs is 3. The van der Waals surface area contributed by atoms with Crippen LogP contribution in [-0.4, -0.2) is 64.4 Å². The van der Waals surface area contributed by atoms with Crippen LogP contribution in [0.2, 0.25) is 0 Å². The summed E-state index contributed by atoms with van der Waals surface area (Å²) in [6.07, 6.45) is 2.33. The highest BCUT2D eigenvalue weighted by Gasteiger charge is 2.69. The molecular formula is C32H48F2N2O6. The van der Waals surface area contributed by atoms with Crippen molar-refractivity contribution >= 4 is 29.4 Å². The normalized spacial score (nSPS) is 32.0. The SMILES string of the molecule is CC(C)(C)OC(=O)C[C@H]1CCCCCCC(F)(F)CC[C@@H](C(=O)C(=O)NC2CC2)CC(=O)[C@@H]2[C@@H]3[C@H](CN2C1=O)C3(C)C. The summed E-state index contributed by atoms with van der Waals surface area (Å²) in [5.41, 5.74) is -0.899. The number of hydrogen-bond acceptors (Lipinski definition) is 6. The minimum absolute atomic E-state index is 0.0809. The number of piperidine rings is 1. The van der Waals surface area contributed by atoms with Crippen molar-refractivity contribution in [2.75, 3.05) is 6.54 Å². The van der Waals surface area contributed by atoms with Crippen LogP contribution in [0.25, 0.3) is 0 Å². The topological polar surface area (TPSA) is 110 Å². The summed E-state index contributed by atoms with van der Waals surface area (Å²) in [5, 5.41) is 2.63. The molecule has 4 rings (SSSR count). The summed E-state index contributed by atoms with van der Waals surface area (Å²) in [6, 6.07) is -0.892. The second kappa shape index (κ2) is 12.3. The fraction of sp³-hybridized carbons (Fsp3) is 0.844. The standard InChI is InChI=1S/C32H48F2N2O6/c1-30(2,3)42-24(38)17-20-10-8-6-7-9-14-32(33,34)15-13-19(27(39)28(40)35-21-11-12-21)16-23(37)26-25-22(31(25,4)5)18-36(26)29(20)41/h19-22,25-26H,6-18H2,1-5H3,(H,35,40)/t19-,20-,22+,25+,26-/m1/s1. The number of esters is 1. The van der Waals surface area contributed by atoms with Crippen LogP contribution in [0.5, 0.6) is 0 Å². The molecule has 4 aliphatic rings. The Hall–Kier alpha value is -2.39. The van der Waals surface area contributed by atoms with Crippen LogP contribution < -0.4 is 5.32 Å². The zero-order chi connectivity index (χ0) is 31.0. The number of ether oxygens (including phenoxy) is 1. The molecule has 2 saturated carbocycles. The Kier molecular flexibility index (Phi) is 9.53. The van der Waals surface area contributed by atoms with Crippen molar-refractivity contribution in [3.63, 3.8) is 0 Å². The predicted molar refractivity (Wildman–Crippen MR) is 151 cm³/mol. The summed E-state index contributed by atoms with van der Waals surface area (Å²) in [5.74, 6) is -7.69. The van der Waals surface area contributed by atoms with Gasteiger partial charge in [-0.2, -0.15) is 0 Å². The summed E-state index contributed by atoms with van der Waals surface area (Å²) < 4.78 is 35.2. The molecule has 2 amide bonds. The Morgan fingerprint density at radius 3 is 2.29 bits per heavy atom. The van der Waals surface area contributed by atoms with Gasteiger partial charge < -0.3 is 15.0 Å². The van der Waals surface area contributed by atoms with Gasteiger partial charge in [-0.25, -0.2) is 8.78 Å². The van der Waals surface area contributed by atoms with Crippen LogP contribution in [0.1, 0.15) is 112 Å². The maximum atomic E-state index is 14.9. The monoisotopic (exact) mass is 594 g/mol. The van der Waals surface area contributed by atoms with E-state index in [1.807, 2.05) is 13.8 Å². The van der Waals surface area contributed by atoms with Gasteiger partial charge in [0.15, 0.2) is 5.78 Å². The zero-order valence-corrected chi connectivity index (χ0v) is 25.8. The van der Waals surface area contributed by atoms with Crippen molar-refractivity contribution in [1.82, 2.24) is 10.2 Å². The van der Waals surface area contributed by atoms with Crippen LogP contribution in [0.4, 0.5) is 8.78 Å². The molecule has 8 nitrogen and oxygen atoms in total. The third kappa shape index (κ3) is 7.95. The maximum absolute atomic E-state index is 14.9. The number of halogens is 2. The molecule has 2 aliphatic carbocycles. The third-order valence-electron chi connectivity index (χ3n) is 9.66. The first kappa shape index (κ1) is 32.5. The van der Waals surface area contributed by atoms with Crippen LogP contribution in [0.3, 0.4) is 0 Å². The molecule has 10 heteroatoms. The number of amides is 2. The van der Waals surface area contributed by atoms with E-state index >= 15 is 0 Å². The summed E-state index contributed by atoms with van der Waals surface area (Å²) in [7, 11) is 0. The number of carbonyl (C=O) groups excluding carboxylic acids is 5. The van der Waals surface area contributed by atoms with Crippen molar-refractivity contribution in [3.05, 3.63) is 0 Å². The maximum Gasteiger partial charge on any atom is 0.307 e. The number of rotatable bonds is 5. The fourth-order valence-corrected chi connectivity index (χ4v) is 7.01. The lowest BCUT2D eigenvalue weighted by molar-refractivity contribution is -0.159. The molecule has 0 aromatic rings. The van der Waals surface area contributed by atoms with Gasteiger partial charge in [0.1, 0.15) is 5.60 Å². The van der Waals surface area contributed by atoms with Crippen LogP contribution in [0, 0.1) is 29.1 Å². The number of nitrogens with one attached hydrogen (secondary N) is 1. The zero-order valence-electron chi connectivity index (χ0n) is 25.8. The number of ketones is 2. The molecule has 236 valence electrons. The highest BCUT2D eigenvalue weighted by molar-refractivity contribution is 6.37. The lowest BCUT2D eigenvalue weighted by Crippen LogP contribution is -2.49. The van der Waals surface area contributed by atoms with Gasteiger partial charge in [-0.3, -0.25) is 24.0 Å². The van der Waals surface area contributed by atoms with Crippen molar-refractivity contribution < 1.29 is 37.5 Å². The Morgan fingerprint density at radius 2 is 1.64 bits per heavy atom. The molecule has 0 spiro atoms. The molecule has 0 radical (unpaired) electrons. The Labute approximate surface area is 248 Å². The van der Waals surface area contributed by atoms with E-state index in [0.29, 0.717) is 32.2 Å². The summed E-state index contributed by atoms with van der Waals surface area (Å²) in [4.78, 5) is 68.2. The van der Waals surface area contributed by atoms with E-state index in [-0.39, 0.29) is 67.1 Å². The minimum Gasteiger partial charge on any atom is -0.460 e. The van der Waals surface area contributed by atoms with Gasteiger partial charge in [-0.15, -0.1) is 0 Å². The summed E-state index contributed by atoms with van der Waals surface area (Å²) in [6.45, 7) is 9.73. The number of nitrogens with zero attached hydrogens (tertiary/aromatic N) is 1. The quantitative estimate of drug-likeness (QED) is 0.354. The molecule has 0 unspecified atom stereocenters. The Balaban J connectivity index is 1.60. The lowest BCUT2D eigenvalue weighted by atomic mass is 9.85. The lowest BCUT2D eigenvalue weighted by Gasteiger charge is -2.34. The molecule has 42 heavy (non-hydrogen) atoms. The van der Waals surface area contributed by atoms with E-state index in [4.69, 9.17) is 4.74 Å². The second-order valence-corrected chi connectivity index (χ2v) is 14.7. The van der Waals surface area contributed by atoms with Gasteiger partial charge in [0.25, 0.3) is 5.91 Å². The van der Waals surface area contributed by atoms with E-state index in [2.05, 4.69) is 5.32 Å². The van der Waals surface area contributed by atoms with E-state index in [1.165, 1.54) is 0 Å². The highest BCUT2D eigenvalue weighted by atomic mass is 19.3. The largest absolute Gasteiger partial charge is 0.460 e. The molecule has 5 atom stereocenters. The first-order chi connectivity index (χ1) is 19.5. The number of alkyl halides is 2. The average molecular weight is 595 g/mol. The van der Waals surface area contributed by atoms with Crippen molar-refractivity contribution in [2.24, 2.45) is 29.1 Å². The Bertz CT molecular complexity index is 1080. The third-order valence-corrected chi connectivity index (χ3v) is 9.66. The van der Waals surface area contributed by atoms with E-state index in [1.54, 1.807) is 25.7 Å². The molecule has 0 aromatic heterocycles. The van der Waals surface area contributed by atoms with Gasteiger partial charge in [0.05, 0.1) is 12.5 Å². The van der Waals surface area contributed by atoms with Crippen LogP contribution >= 0.6 is 0 Å². The molecule has 1 N–H and O–H groups in total. The van der Waals surface area contributed by atoms with Gasteiger partial charge in [-0.1, -0.05) is 33.1 Å². The number of hydrogen-bond donors (Lipinski definition) is 1. The van der Waals surface area contributed by atoms with Gasteiger partial charge >= 0.3 is 5.97 Å². The fourth-order valence-electron chi connectivity index (χ4n) is 7.01. The molecule has 2 heterocycles. The minimum atomic E-state index is -3.01. The smallest absolute Gasteiger partial charge is 0.307 e. The second-order valence-electron chi connectivity index (χ2n) is 14.7. The highest BCUT2D eigenvalue weighted by Crippen LogP contribution is 2.65. The van der Waals surface area contributed by atoms with Crippen LogP contribution in [-0.2, 0) is 28.7 Å². The number of Topliss-reactive ketones (excluding diaryl/α,β-unsaturated/α-hetero) is 2. The number of carbonyl (C=O) groups is 5. The molecular weight excluding hydrogens is 546 g/mol. The predicted octanol–water partition coefficient (Wildman–Crippen LogP) is 5.01. The van der Waals surface area contributed by atoms with Gasteiger partial charge in [0.2, 0.25) is 17.6 Å². The summed E-state index contributed by atoms with van der Waals surface area (Å²) >= 11 is 0. The van der Waals surface area contributed by atoms with Gasteiger partial charge in [0, 0.05) is 43.7 Å². The first-order valence-electron chi connectivity index (χ1n) is 15.8. The molecule has 2 saturated heterocycles. The van der Waals surface area contributed by atoms with Crippen molar-refractivity contribution in [3.8, 4) is 0 Å². The molecule has 4 fully saturated rings. The molecule has 0 bridgehead atoms. The molecule has 0 aromatic carbocycles. The van der Waals surface area contributed by atoms with Crippen molar-refractivity contribution in [1.29, 1.82) is 0 Å².